The van der Waals surface area contributed by atoms with Crippen LogP contribution in [0.1, 0.15) is 18.1 Å². The molecule has 0 spiro atoms. The summed E-state index contributed by atoms with van der Waals surface area (Å²) in [5, 5.41) is 0. The summed E-state index contributed by atoms with van der Waals surface area (Å²) in [5.41, 5.74) is 2.68. The molecule has 0 aliphatic carbocycles. The van der Waals surface area contributed by atoms with Crippen molar-refractivity contribution in [2.24, 2.45) is 0 Å². The molecule has 1 aliphatic rings. The predicted octanol–water partition coefficient (Wildman–Crippen LogP) is 3.54. The molecule has 0 unspecified atom stereocenters. The first-order chi connectivity index (χ1) is 9.26. The van der Waals surface area contributed by atoms with Gasteiger partial charge in [0, 0.05) is 11.1 Å². The van der Waals surface area contributed by atoms with Crippen LogP contribution in [0.25, 0.3) is 0 Å². The van der Waals surface area contributed by atoms with Gasteiger partial charge in [-0.15, -0.1) is 0 Å². The van der Waals surface area contributed by atoms with E-state index in [0.717, 1.165) is 24.3 Å². The Balaban J connectivity index is 1.76. The Labute approximate surface area is 114 Å². The van der Waals surface area contributed by atoms with Gasteiger partial charge in [0.05, 0.1) is 0 Å². The summed E-state index contributed by atoms with van der Waals surface area (Å²) >= 11 is 0. The average molecular weight is 254 g/mol. The van der Waals surface area contributed by atoms with Crippen LogP contribution in [0.2, 0.25) is 0 Å². The van der Waals surface area contributed by atoms with Crippen LogP contribution in [0.15, 0.2) is 60.7 Å². The van der Waals surface area contributed by atoms with E-state index < -0.39 is 0 Å². The fourth-order valence-corrected chi connectivity index (χ4v) is 2.93. The van der Waals surface area contributed by atoms with Gasteiger partial charge in [0.2, 0.25) is 0 Å². The number of hydroxylamine groups is 3. The molecular formula is C17H20NO+. The van der Waals surface area contributed by atoms with Crippen LogP contribution in [0.4, 0.5) is 0 Å². The summed E-state index contributed by atoms with van der Waals surface area (Å²) < 4.78 is 0.717. The zero-order chi connectivity index (χ0) is 13.1. The molecule has 1 fully saturated rings. The molecule has 2 nitrogen and oxygen atoms in total. The van der Waals surface area contributed by atoms with Crippen molar-refractivity contribution < 1.29 is 9.48 Å². The first-order valence-corrected chi connectivity index (χ1v) is 6.88. The Morgan fingerprint density at radius 2 is 1.32 bits per heavy atom. The monoisotopic (exact) mass is 254 g/mol. The third-order valence-corrected chi connectivity index (χ3v) is 3.62. The minimum atomic E-state index is 0.368. The molecule has 1 heterocycles. The van der Waals surface area contributed by atoms with Gasteiger partial charge in [0.25, 0.3) is 0 Å². The Bertz CT molecular complexity index is 474. The van der Waals surface area contributed by atoms with Crippen molar-refractivity contribution in [2.45, 2.75) is 26.1 Å². The van der Waals surface area contributed by atoms with Gasteiger partial charge >= 0.3 is 0 Å². The summed E-state index contributed by atoms with van der Waals surface area (Å²) in [4.78, 5) is 6.07. The lowest BCUT2D eigenvalue weighted by atomic mass is 10.1. The standard InChI is InChI=1S/C17H20NO/c1-15-12-18(19-15,13-16-8-4-2-5-9-16)14-17-10-6-3-7-11-17/h2-11,15H,12-14H2,1H3/q+1/t15-/m0/s1. The van der Waals surface area contributed by atoms with E-state index in [1.165, 1.54) is 11.1 Å². The number of quaternary nitrogens is 1. The normalized spacial score (nSPS) is 20.8. The number of nitrogens with zero attached hydrogens (tertiary/aromatic N) is 1. The molecule has 1 atom stereocenters. The maximum absolute atomic E-state index is 6.07. The molecule has 98 valence electrons. The molecule has 2 aromatic rings. The molecule has 3 rings (SSSR count). The van der Waals surface area contributed by atoms with Crippen LogP contribution in [0, 0.1) is 0 Å². The fraction of sp³-hybridized carbons (Fsp3) is 0.294. The second-order valence-corrected chi connectivity index (χ2v) is 5.44. The third-order valence-electron chi connectivity index (χ3n) is 3.62. The molecule has 1 aliphatic heterocycles. The molecule has 0 saturated carbocycles. The Kier molecular flexibility index (Phi) is 3.36. The van der Waals surface area contributed by atoms with Crippen molar-refractivity contribution in [1.29, 1.82) is 0 Å². The molecule has 19 heavy (non-hydrogen) atoms. The van der Waals surface area contributed by atoms with Gasteiger partial charge in [0.15, 0.2) is 6.10 Å². The van der Waals surface area contributed by atoms with Crippen LogP contribution in [0.3, 0.4) is 0 Å². The highest BCUT2D eigenvalue weighted by molar-refractivity contribution is 5.15. The minimum absolute atomic E-state index is 0.368. The van der Waals surface area contributed by atoms with E-state index in [-0.39, 0.29) is 0 Å². The molecular weight excluding hydrogens is 234 g/mol. The highest BCUT2D eigenvalue weighted by Crippen LogP contribution is 2.30. The summed E-state index contributed by atoms with van der Waals surface area (Å²) in [6, 6.07) is 21.2. The fourth-order valence-electron chi connectivity index (χ4n) is 2.93. The second kappa shape index (κ2) is 5.16. The van der Waals surface area contributed by atoms with Gasteiger partial charge in [-0.3, -0.25) is 0 Å². The maximum Gasteiger partial charge on any atom is 0.165 e. The van der Waals surface area contributed by atoms with Gasteiger partial charge in [-0.25, -0.2) is 0 Å². The van der Waals surface area contributed by atoms with Crippen LogP contribution in [0.5, 0.6) is 0 Å². The summed E-state index contributed by atoms with van der Waals surface area (Å²) in [5.74, 6) is 0. The van der Waals surface area contributed by atoms with E-state index in [4.69, 9.17) is 4.84 Å². The quantitative estimate of drug-likeness (QED) is 0.758. The molecule has 2 heteroatoms. The van der Waals surface area contributed by atoms with Gasteiger partial charge in [-0.2, -0.15) is 9.48 Å². The largest absolute Gasteiger partial charge is 0.193 e. The molecule has 0 amide bonds. The van der Waals surface area contributed by atoms with Gasteiger partial charge in [0.1, 0.15) is 19.6 Å². The lowest BCUT2D eigenvalue weighted by Gasteiger charge is -2.46. The average Bonchev–Trinajstić information content (AvgIpc) is 2.39. The Morgan fingerprint density at radius 3 is 1.68 bits per heavy atom. The van der Waals surface area contributed by atoms with Crippen LogP contribution < -0.4 is 0 Å². The number of hydrogen-bond donors (Lipinski definition) is 0. The lowest BCUT2D eigenvalue weighted by Crippen LogP contribution is -2.62. The molecule has 0 aromatic heterocycles. The van der Waals surface area contributed by atoms with Crippen molar-refractivity contribution >= 4 is 0 Å². The smallest absolute Gasteiger partial charge is 0.165 e. The highest BCUT2D eigenvalue weighted by atomic mass is 16.8. The zero-order valence-electron chi connectivity index (χ0n) is 11.3. The van der Waals surface area contributed by atoms with E-state index in [1.807, 2.05) is 0 Å². The van der Waals surface area contributed by atoms with E-state index in [0.29, 0.717) is 6.10 Å². The van der Waals surface area contributed by atoms with Crippen molar-refractivity contribution in [1.82, 2.24) is 0 Å². The Morgan fingerprint density at radius 1 is 0.895 bits per heavy atom. The third kappa shape index (κ3) is 2.86. The van der Waals surface area contributed by atoms with E-state index >= 15 is 0 Å². The van der Waals surface area contributed by atoms with Crippen molar-refractivity contribution in [3.63, 3.8) is 0 Å². The molecule has 0 bridgehead atoms. The van der Waals surface area contributed by atoms with E-state index in [2.05, 4.69) is 67.6 Å². The van der Waals surface area contributed by atoms with Crippen molar-refractivity contribution in [2.75, 3.05) is 6.54 Å². The second-order valence-electron chi connectivity index (χ2n) is 5.44. The van der Waals surface area contributed by atoms with Gasteiger partial charge < -0.3 is 0 Å². The number of rotatable bonds is 4. The predicted molar refractivity (Wildman–Crippen MR) is 76.0 cm³/mol. The first-order valence-electron chi connectivity index (χ1n) is 6.88. The topological polar surface area (TPSA) is 9.23 Å². The van der Waals surface area contributed by atoms with Crippen molar-refractivity contribution in [3.05, 3.63) is 71.8 Å². The van der Waals surface area contributed by atoms with E-state index in [9.17, 15) is 0 Å². The molecule has 0 N–H and O–H groups in total. The number of benzene rings is 2. The summed E-state index contributed by atoms with van der Waals surface area (Å²) in [6.07, 6.45) is 0.368. The van der Waals surface area contributed by atoms with E-state index in [1.54, 1.807) is 0 Å². The molecule has 1 saturated heterocycles. The highest BCUT2D eigenvalue weighted by Gasteiger charge is 2.44. The Hall–Kier alpha value is -1.64. The molecule has 2 aromatic carbocycles. The van der Waals surface area contributed by atoms with Crippen LogP contribution in [-0.2, 0) is 17.9 Å². The zero-order valence-corrected chi connectivity index (χ0v) is 11.3. The summed E-state index contributed by atoms with van der Waals surface area (Å²) in [6.45, 7) is 5.12. The minimum Gasteiger partial charge on any atom is -0.193 e. The molecule has 0 radical (unpaired) electrons. The number of hydrogen-bond acceptors (Lipinski definition) is 1. The van der Waals surface area contributed by atoms with Gasteiger partial charge in [-0.05, 0) is 6.92 Å². The van der Waals surface area contributed by atoms with Crippen molar-refractivity contribution in [3.8, 4) is 0 Å². The first kappa shape index (κ1) is 12.4. The maximum atomic E-state index is 6.07. The SMILES string of the molecule is C[C@H]1C[N+](Cc2ccccc2)(Cc2ccccc2)O1. The summed E-state index contributed by atoms with van der Waals surface area (Å²) in [7, 11) is 0. The van der Waals surface area contributed by atoms with Crippen LogP contribution in [-0.4, -0.2) is 17.3 Å². The van der Waals surface area contributed by atoms with Gasteiger partial charge in [-0.1, -0.05) is 60.7 Å². The lowest BCUT2D eigenvalue weighted by molar-refractivity contribution is -1.18. The van der Waals surface area contributed by atoms with Crippen LogP contribution >= 0.6 is 0 Å².